The first-order valence-corrected chi connectivity index (χ1v) is 9.28. The summed E-state index contributed by atoms with van der Waals surface area (Å²) >= 11 is 0. The van der Waals surface area contributed by atoms with Gasteiger partial charge in [0.15, 0.2) is 0 Å². The van der Waals surface area contributed by atoms with E-state index in [0.29, 0.717) is 5.41 Å². The van der Waals surface area contributed by atoms with Crippen molar-refractivity contribution in [1.29, 1.82) is 0 Å². The van der Waals surface area contributed by atoms with Gasteiger partial charge in [0, 0.05) is 5.69 Å². The van der Waals surface area contributed by atoms with Crippen molar-refractivity contribution in [1.82, 2.24) is 4.90 Å². The van der Waals surface area contributed by atoms with E-state index in [1.165, 1.54) is 76.6 Å². The minimum Gasteiger partial charge on any atom is -0.399 e. The maximum atomic E-state index is 6.03. The Morgan fingerprint density at radius 1 is 1.05 bits per heavy atom. The van der Waals surface area contributed by atoms with Crippen molar-refractivity contribution in [3.05, 3.63) is 29.8 Å². The molecule has 1 aromatic carbocycles. The van der Waals surface area contributed by atoms with E-state index >= 15 is 0 Å². The van der Waals surface area contributed by atoms with Gasteiger partial charge in [0.05, 0.1) is 0 Å². The second kappa shape index (κ2) is 8.57. The van der Waals surface area contributed by atoms with E-state index in [-0.39, 0.29) is 0 Å². The molecule has 0 aromatic heterocycles. The monoisotopic (exact) mass is 302 g/mol. The smallest absolute Gasteiger partial charge is 0.0316 e. The fourth-order valence-electron chi connectivity index (χ4n) is 4.00. The summed E-state index contributed by atoms with van der Waals surface area (Å²) in [5, 5.41) is 0. The standard InChI is InChI=1S/C20H34N2/c1-3-5-6-7-14-22-15-12-20(11-4-2,13-16-22)18-9-8-10-19(21)17-18/h8-10,17H,3-7,11-16,21H2,1-2H3. The molecular formula is C20H34N2. The van der Waals surface area contributed by atoms with Crippen LogP contribution in [0, 0.1) is 0 Å². The number of unbranched alkanes of at least 4 members (excludes halogenated alkanes) is 3. The third kappa shape index (κ3) is 4.49. The third-order valence-electron chi connectivity index (χ3n) is 5.37. The molecule has 0 saturated carbocycles. The van der Waals surface area contributed by atoms with E-state index in [2.05, 4.69) is 36.9 Å². The number of anilines is 1. The number of nitrogen functional groups attached to an aromatic ring is 1. The summed E-state index contributed by atoms with van der Waals surface area (Å²) in [6.07, 6.45) is 10.6. The van der Waals surface area contributed by atoms with Crippen LogP contribution < -0.4 is 5.73 Å². The zero-order valence-corrected chi connectivity index (χ0v) is 14.6. The highest BCUT2D eigenvalue weighted by Gasteiger charge is 2.35. The molecule has 22 heavy (non-hydrogen) atoms. The van der Waals surface area contributed by atoms with Crippen LogP contribution in [0.5, 0.6) is 0 Å². The van der Waals surface area contributed by atoms with Crippen molar-refractivity contribution in [2.45, 2.75) is 70.6 Å². The Labute approximate surface area is 137 Å². The molecule has 0 amide bonds. The lowest BCUT2D eigenvalue weighted by atomic mass is 9.70. The van der Waals surface area contributed by atoms with Crippen LogP contribution >= 0.6 is 0 Å². The zero-order valence-electron chi connectivity index (χ0n) is 14.6. The second-order valence-electron chi connectivity index (χ2n) is 7.06. The van der Waals surface area contributed by atoms with Crippen LogP contribution in [0.1, 0.15) is 70.8 Å². The van der Waals surface area contributed by atoms with Crippen molar-refractivity contribution >= 4 is 5.69 Å². The van der Waals surface area contributed by atoms with Gasteiger partial charge in [0.1, 0.15) is 0 Å². The highest BCUT2D eigenvalue weighted by molar-refractivity contribution is 5.43. The van der Waals surface area contributed by atoms with Crippen LogP contribution in [0.2, 0.25) is 0 Å². The van der Waals surface area contributed by atoms with Crippen molar-refractivity contribution in [3.63, 3.8) is 0 Å². The molecule has 0 aliphatic carbocycles. The van der Waals surface area contributed by atoms with E-state index in [1.54, 1.807) is 0 Å². The van der Waals surface area contributed by atoms with Crippen LogP contribution in [0.3, 0.4) is 0 Å². The van der Waals surface area contributed by atoms with E-state index < -0.39 is 0 Å². The molecule has 1 aliphatic heterocycles. The minimum atomic E-state index is 0.365. The summed E-state index contributed by atoms with van der Waals surface area (Å²) in [4.78, 5) is 2.68. The summed E-state index contributed by atoms with van der Waals surface area (Å²) in [7, 11) is 0. The van der Waals surface area contributed by atoms with Crippen LogP contribution in [-0.2, 0) is 5.41 Å². The van der Waals surface area contributed by atoms with Crippen molar-refractivity contribution < 1.29 is 0 Å². The van der Waals surface area contributed by atoms with Gasteiger partial charge in [-0.2, -0.15) is 0 Å². The average Bonchev–Trinajstić information content (AvgIpc) is 2.53. The summed E-state index contributed by atoms with van der Waals surface area (Å²) in [5.41, 5.74) is 8.78. The Balaban J connectivity index is 1.94. The van der Waals surface area contributed by atoms with Gasteiger partial charge in [-0.3, -0.25) is 0 Å². The number of likely N-dealkylation sites (tertiary alicyclic amines) is 1. The molecule has 2 N–H and O–H groups in total. The molecule has 1 fully saturated rings. The molecule has 1 aromatic rings. The number of hydrogen-bond acceptors (Lipinski definition) is 2. The highest BCUT2D eigenvalue weighted by Crippen LogP contribution is 2.40. The third-order valence-corrected chi connectivity index (χ3v) is 5.37. The number of nitrogens with zero attached hydrogens (tertiary/aromatic N) is 1. The van der Waals surface area contributed by atoms with Crippen LogP contribution in [0.25, 0.3) is 0 Å². The molecular weight excluding hydrogens is 268 g/mol. The van der Waals surface area contributed by atoms with Gasteiger partial charge in [-0.25, -0.2) is 0 Å². The molecule has 124 valence electrons. The molecule has 0 unspecified atom stereocenters. The lowest BCUT2D eigenvalue weighted by Gasteiger charge is -2.42. The number of rotatable bonds is 8. The molecule has 1 aliphatic rings. The molecule has 2 rings (SSSR count). The Morgan fingerprint density at radius 3 is 2.45 bits per heavy atom. The van der Waals surface area contributed by atoms with Crippen molar-refractivity contribution in [3.8, 4) is 0 Å². The maximum absolute atomic E-state index is 6.03. The zero-order chi connectivity index (χ0) is 15.8. The Morgan fingerprint density at radius 2 is 1.82 bits per heavy atom. The SMILES string of the molecule is CCCCCCN1CCC(CCC)(c2cccc(N)c2)CC1. The lowest BCUT2D eigenvalue weighted by molar-refractivity contribution is 0.149. The van der Waals surface area contributed by atoms with Crippen molar-refractivity contribution in [2.75, 3.05) is 25.4 Å². The van der Waals surface area contributed by atoms with Gasteiger partial charge >= 0.3 is 0 Å². The predicted octanol–water partition coefficient (Wildman–Crippen LogP) is 4.98. The van der Waals surface area contributed by atoms with Gasteiger partial charge in [-0.15, -0.1) is 0 Å². The predicted molar refractivity (Wildman–Crippen MR) is 97.3 cm³/mol. The molecule has 0 radical (unpaired) electrons. The molecule has 0 bridgehead atoms. The molecule has 1 heterocycles. The molecule has 1 saturated heterocycles. The van der Waals surface area contributed by atoms with E-state index in [4.69, 9.17) is 5.73 Å². The minimum absolute atomic E-state index is 0.365. The van der Waals surface area contributed by atoms with E-state index in [9.17, 15) is 0 Å². The van der Waals surface area contributed by atoms with Gasteiger partial charge in [-0.1, -0.05) is 51.7 Å². The average molecular weight is 303 g/mol. The summed E-state index contributed by atoms with van der Waals surface area (Å²) in [6.45, 7) is 8.39. The van der Waals surface area contributed by atoms with E-state index in [1.807, 2.05) is 6.07 Å². The molecule has 0 spiro atoms. The summed E-state index contributed by atoms with van der Waals surface area (Å²) in [5.74, 6) is 0. The first-order valence-electron chi connectivity index (χ1n) is 9.28. The number of nitrogens with two attached hydrogens (primary N) is 1. The number of benzene rings is 1. The van der Waals surface area contributed by atoms with Crippen LogP contribution in [0.4, 0.5) is 5.69 Å². The number of piperidine rings is 1. The topological polar surface area (TPSA) is 29.3 Å². The second-order valence-corrected chi connectivity index (χ2v) is 7.06. The molecule has 0 atom stereocenters. The van der Waals surface area contributed by atoms with Crippen molar-refractivity contribution in [2.24, 2.45) is 0 Å². The molecule has 2 nitrogen and oxygen atoms in total. The molecule has 2 heteroatoms. The van der Waals surface area contributed by atoms with E-state index in [0.717, 1.165) is 5.69 Å². The van der Waals surface area contributed by atoms with Gasteiger partial charge < -0.3 is 10.6 Å². The Kier molecular flexibility index (Phi) is 6.75. The fraction of sp³-hybridized carbons (Fsp3) is 0.700. The maximum Gasteiger partial charge on any atom is 0.0316 e. The largest absolute Gasteiger partial charge is 0.399 e. The summed E-state index contributed by atoms with van der Waals surface area (Å²) in [6, 6.07) is 8.64. The van der Waals surface area contributed by atoms with Gasteiger partial charge in [0.2, 0.25) is 0 Å². The van der Waals surface area contributed by atoms with Gasteiger partial charge in [0.25, 0.3) is 0 Å². The highest BCUT2D eigenvalue weighted by atomic mass is 15.1. The first-order chi connectivity index (χ1) is 10.7. The number of hydrogen-bond donors (Lipinski definition) is 1. The quantitative estimate of drug-likeness (QED) is 0.542. The van der Waals surface area contributed by atoms with Crippen LogP contribution in [-0.4, -0.2) is 24.5 Å². The Hall–Kier alpha value is -1.02. The fourth-order valence-corrected chi connectivity index (χ4v) is 4.00. The Bertz CT molecular complexity index is 433. The van der Waals surface area contributed by atoms with Gasteiger partial charge in [-0.05, 0) is 68.4 Å². The van der Waals surface area contributed by atoms with Crippen LogP contribution in [0.15, 0.2) is 24.3 Å². The summed E-state index contributed by atoms with van der Waals surface area (Å²) < 4.78 is 0. The normalized spacial score (nSPS) is 18.5. The lowest BCUT2D eigenvalue weighted by Crippen LogP contribution is -2.43. The first kappa shape index (κ1) is 17.3.